The maximum absolute atomic E-state index is 14.3. The van der Waals surface area contributed by atoms with Gasteiger partial charge in [0.05, 0.1) is 18.9 Å². The predicted molar refractivity (Wildman–Crippen MR) is 105 cm³/mol. The van der Waals surface area contributed by atoms with Gasteiger partial charge in [-0.3, -0.25) is 0 Å². The fourth-order valence-electron chi connectivity index (χ4n) is 3.33. The molecule has 3 nitrogen and oxygen atoms in total. The van der Waals surface area contributed by atoms with Gasteiger partial charge in [-0.05, 0) is 40.2 Å². The third-order valence-corrected chi connectivity index (χ3v) is 4.65. The summed E-state index contributed by atoms with van der Waals surface area (Å²) in [6.45, 7) is 9.81. The molecule has 27 heavy (non-hydrogen) atoms. The van der Waals surface area contributed by atoms with E-state index in [2.05, 4.69) is 0 Å². The zero-order chi connectivity index (χ0) is 20.4. The second-order valence-corrected chi connectivity index (χ2v) is 8.17. The highest BCUT2D eigenvalue weighted by molar-refractivity contribution is 5.54. The minimum Gasteiger partial charge on any atom is -0.396 e. The first-order valence-electron chi connectivity index (χ1n) is 9.15. The average molecular weight is 377 g/mol. The van der Waals surface area contributed by atoms with Gasteiger partial charge in [0, 0.05) is 5.56 Å². The summed E-state index contributed by atoms with van der Waals surface area (Å²) < 4.78 is 33.7. The molecule has 2 rings (SSSR count). The number of nitrogen functional groups attached to an aromatic ring is 1. The largest absolute Gasteiger partial charge is 0.396 e. The van der Waals surface area contributed by atoms with Crippen molar-refractivity contribution < 1.29 is 18.6 Å². The van der Waals surface area contributed by atoms with Crippen LogP contribution in [0.1, 0.15) is 68.9 Å². The first-order valence-corrected chi connectivity index (χ1v) is 9.15. The molecule has 3 N–H and O–H groups in total. The number of halogens is 2. The summed E-state index contributed by atoms with van der Waals surface area (Å²) in [6.07, 6.45) is -0.977. The first-order chi connectivity index (χ1) is 12.5. The zero-order valence-electron chi connectivity index (χ0n) is 16.6. The highest BCUT2D eigenvalue weighted by Crippen LogP contribution is 2.33. The third kappa shape index (κ3) is 4.85. The number of aliphatic hydroxyl groups excluding tert-OH is 1. The van der Waals surface area contributed by atoms with Crippen molar-refractivity contribution in [2.45, 2.75) is 58.7 Å². The molecular formula is C22H29F2NO2. The van der Waals surface area contributed by atoms with E-state index in [0.29, 0.717) is 16.7 Å². The summed E-state index contributed by atoms with van der Waals surface area (Å²) in [5, 5.41) is 10.5. The van der Waals surface area contributed by atoms with Gasteiger partial charge in [0.15, 0.2) is 0 Å². The lowest BCUT2D eigenvalue weighted by Crippen LogP contribution is -2.17. The Morgan fingerprint density at radius 1 is 1.07 bits per heavy atom. The highest BCUT2D eigenvalue weighted by Gasteiger charge is 2.22. The lowest BCUT2D eigenvalue weighted by molar-refractivity contribution is 0.0257. The minimum absolute atomic E-state index is 0.0390. The molecule has 0 amide bonds. The molecule has 0 heterocycles. The van der Waals surface area contributed by atoms with Crippen LogP contribution in [-0.2, 0) is 16.8 Å². The predicted octanol–water partition coefficient (Wildman–Crippen LogP) is 5.22. The number of aliphatic hydroxyl groups is 1. The minimum atomic E-state index is -0.977. The van der Waals surface area contributed by atoms with Crippen LogP contribution in [0.2, 0.25) is 0 Å². The summed E-state index contributed by atoms with van der Waals surface area (Å²) in [7, 11) is 0. The smallest absolute Gasteiger partial charge is 0.146 e. The Labute approximate surface area is 160 Å². The molecule has 1 unspecified atom stereocenters. The Balaban J connectivity index is 2.17. The van der Waals surface area contributed by atoms with E-state index < -0.39 is 11.9 Å². The summed E-state index contributed by atoms with van der Waals surface area (Å²) in [6, 6.07) is 7.75. The van der Waals surface area contributed by atoms with Crippen LogP contribution in [0.15, 0.2) is 30.3 Å². The molecule has 2 aromatic carbocycles. The molecule has 0 aliphatic rings. The van der Waals surface area contributed by atoms with E-state index in [9.17, 15) is 13.9 Å². The van der Waals surface area contributed by atoms with Crippen LogP contribution in [0.3, 0.4) is 0 Å². The first kappa shape index (κ1) is 21.3. The van der Waals surface area contributed by atoms with Crippen LogP contribution in [0.25, 0.3) is 0 Å². The topological polar surface area (TPSA) is 55.5 Å². The van der Waals surface area contributed by atoms with Crippen molar-refractivity contribution in [1.82, 2.24) is 0 Å². The van der Waals surface area contributed by atoms with Crippen molar-refractivity contribution in [2.24, 2.45) is 0 Å². The summed E-state index contributed by atoms with van der Waals surface area (Å²) >= 11 is 0. The summed E-state index contributed by atoms with van der Waals surface area (Å²) in [5.74, 6) is -0.882. The van der Waals surface area contributed by atoms with E-state index in [1.807, 2.05) is 40.7 Å². The normalized spacial score (nSPS) is 13.2. The Bertz CT molecular complexity index is 798. The van der Waals surface area contributed by atoms with Gasteiger partial charge in [0.25, 0.3) is 0 Å². The number of hydrogen-bond acceptors (Lipinski definition) is 3. The summed E-state index contributed by atoms with van der Waals surface area (Å²) in [4.78, 5) is 0. The van der Waals surface area contributed by atoms with Gasteiger partial charge < -0.3 is 15.6 Å². The van der Waals surface area contributed by atoms with Crippen LogP contribution in [-0.4, -0.2) is 11.7 Å². The standard InChI is InChI=1S/C22H29F2NO2/c1-13(2)20-14(9-10-18(24)21(20)25)19(26)12-27-11-15-16(22(3,4)5)7-6-8-17(15)23/h6-10,13,19,26H,11-12,25H2,1-5H3. The number of anilines is 1. The molecule has 0 radical (unpaired) electrons. The molecule has 0 aliphatic heterocycles. The Hall–Kier alpha value is -1.98. The van der Waals surface area contributed by atoms with E-state index in [-0.39, 0.29) is 36.1 Å². The lowest BCUT2D eigenvalue weighted by atomic mass is 9.84. The molecule has 0 saturated heterocycles. The Morgan fingerprint density at radius 3 is 2.33 bits per heavy atom. The van der Waals surface area contributed by atoms with E-state index in [1.165, 1.54) is 18.2 Å². The van der Waals surface area contributed by atoms with Crippen LogP contribution in [0.4, 0.5) is 14.5 Å². The van der Waals surface area contributed by atoms with Gasteiger partial charge in [-0.2, -0.15) is 0 Å². The van der Waals surface area contributed by atoms with Crippen LogP contribution < -0.4 is 5.73 Å². The molecule has 0 bridgehead atoms. The lowest BCUT2D eigenvalue weighted by Gasteiger charge is -2.24. The van der Waals surface area contributed by atoms with Crippen molar-refractivity contribution >= 4 is 5.69 Å². The monoisotopic (exact) mass is 377 g/mol. The highest BCUT2D eigenvalue weighted by atomic mass is 19.1. The number of benzene rings is 2. The molecule has 148 valence electrons. The van der Waals surface area contributed by atoms with E-state index in [0.717, 1.165) is 5.56 Å². The van der Waals surface area contributed by atoms with Crippen molar-refractivity contribution in [3.05, 3.63) is 64.2 Å². The number of hydrogen-bond donors (Lipinski definition) is 2. The molecule has 0 fully saturated rings. The molecular weight excluding hydrogens is 348 g/mol. The second-order valence-electron chi connectivity index (χ2n) is 8.17. The van der Waals surface area contributed by atoms with Gasteiger partial charge in [-0.1, -0.05) is 52.8 Å². The molecule has 0 saturated carbocycles. The average Bonchev–Trinajstić information content (AvgIpc) is 2.57. The van der Waals surface area contributed by atoms with Gasteiger partial charge in [0.2, 0.25) is 0 Å². The van der Waals surface area contributed by atoms with Crippen molar-refractivity contribution in [3.8, 4) is 0 Å². The van der Waals surface area contributed by atoms with Crippen molar-refractivity contribution in [1.29, 1.82) is 0 Å². The van der Waals surface area contributed by atoms with Crippen LogP contribution in [0, 0.1) is 11.6 Å². The second kappa shape index (κ2) is 8.36. The molecule has 0 spiro atoms. The molecule has 0 aliphatic carbocycles. The molecule has 5 heteroatoms. The quantitative estimate of drug-likeness (QED) is 0.679. The van der Waals surface area contributed by atoms with E-state index in [1.54, 1.807) is 6.07 Å². The van der Waals surface area contributed by atoms with Gasteiger partial charge in [-0.25, -0.2) is 8.78 Å². The fourth-order valence-corrected chi connectivity index (χ4v) is 3.33. The van der Waals surface area contributed by atoms with Crippen molar-refractivity contribution in [2.75, 3.05) is 12.3 Å². The van der Waals surface area contributed by atoms with Gasteiger partial charge >= 0.3 is 0 Å². The third-order valence-electron chi connectivity index (χ3n) is 4.65. The van der Waals surface area contributed by atoms with Gasteiger partial charge in [-0.15, -0.1) is 0 Å². The number of ether oxygens (including phenoxy) is 1. The summed E-state index contributed by atoms with van der Waals surface area (Å²) in [5.41, 5.74) is 8.14. The zero-order valence-corrected chi connectivity index (χ0v) is 16.6. The molecule has 0 aromatic heterocycles. The molecule has 1 atom stereocenters. The maximum Gasteiger partial charge on any atom is 0.146 e. The van der Waals surface area contributed by atoms with Crippen LogP contribution in [0.5, 0.6) is 0 Å². The van der Waals surface area contributed by atoms with Crippen molar-refractivity contribution in [3.63, 3.8) is 0 Å². The number of rotatable bonds is 6. The van der Waals surface area contributed by atoms with Gasteiger partial charge in [0.1, 0.15) is 17.7 Å². The fraction of sp³-hybridized carbons (Fsp3) is 0.455. The van der Waals surface area contributed by atoms with E-state index >= 15 is 0 Å². The Morgan fingerprint density at radius 2 is 1.74 bits per heavy atom. The van der Waals surface area contributed by atoms with Crippen LogP contribution >= 0.6 is 0 Å². The van der Waals surface area contributed by atoms with E-state index in [4.69, 9.17) is 10.5 Å². The maximum atomic E-state index is 14.3. The number of nitrogens with two attached hydrogens (primary N) is 1. The SMILES string of the molecule is CC(C)c1c(C(O)COCc2c(F)cccc2C(C)(C)C)ccc(F)c1N. The Kier molecular flexibility index (Phi) is 6.60. The molecule has 2 aromatic rings.